The van der Waals surface area contributed by atoms with Crippen LogP contribution in [0, 0.1) is 0 Å². The summed E-state index contributed by atoms with van der Waals surface area (Å²) in [6, 6.07) is 0. The molecule has 0 atom stereocenters. The third kappa shape index (κ3) is 4.22. The molecule has 0 bridgehead atoms. The highest BCUT2D eigenvalue weighted by molar-refractivity contribution is 5.46. The zero-order chi connectivity index (χ0) is 9.52. The summed E-state index contributed by atoms with van der Waals surface area (Å²) in [6.45, 7) is 3.32. The van der Waals surface area contributed by atoms with Crippen LogP contribution >= 0.6 is 0 Å². The van der Waals surface area contributed by atoms with E-state index < -0.39 is 6.17 Å². The van der Waals surface area contributed by atoms with Crippen molar-refractivity contribution in [2.24, 2.45) is 0 Å². The van der Waals surface area contributed by atoms with Crippen LogP contribution in [0.15, 0.2) is 0 Å². The normalized spacial score (nSPS) is 20.1. The Hall–Kier alpha value is -0.640. The van der Waals surface area contributed by atoms with E-state index in [1.165, 1.54) is 0 Å². The molecule has 1 heterocycles. The highest BCUT2D eigenvalue weighted by Gasteiger charge is 2.17. The minimum absolute atomic E-state index is 0.599. The number of piperidine rings is 1. The standard InChI is InChI=1S/C9H16FN2O/c10-9-2-6-12(7-3-9)5-1-4-11-8-13/h9H,1-7H2,(H,11,13). The van der Waals surface area contributed by atoms with E-state index in [0.717, 1.165) is 26.1 Å². The molecule has 75 valence electrons. The second kappa shape index (κ2) is 5.91. The van der Waals surface area contributed by atoms with E-state index in [2.05, 4.69) is 10.2 Å². The van der Waals surface area contributed by atoms with Crippen LogP contribution in [0.25, 0.3) is 0 Å². The van der Waals surface area contributed by atoms with Gasteiger partial charge in [-0.05, 0) is 25.8 Å². The van der Waals surface area contributed by atoms with Gasteiger partial charge >= 0.3 is 6.41 Å². The summed E-state index contributed by atoms with van der Waals surface area (Å²) in [6.07, 6.45) is 3.28. The van der Waals surface area contributed by atoms with Crippen molar-refractivity contribution in [1.29, 1.82) is 0 Å². The second-order valence-corrected chi connectivity index (χ2v) is 3.40. The molecule has 0 unspecified atom stereocenters. The SMILES string of the molecule is O=[C]NCCCN1CCC(F)CC1. The first-order valence-corrected chi connectivity index (χ1v) is 4.79. The third-order valence-electron chi connectivity index (χ3n) is 2.37. The van der Waals surface area contributed by atoms with Crippen LogP contribution in [0.4, 0.5) is 4.39 Å². The third-order valence-corrected chi connectivity index (χ3v) is 2.37. The summed E-state index contributed by atoms with van der Waals surface area (Å²) in [5.41, 5.74) is 0. The Morgan fingerprint density at radius 1 is 1.46 bits per heavy atom. The van der Waals surface area contributed by atoms with Crippen LogP contribution in [0.2, 0.25) is 0 Å². The van der Waals surface area contributed by atoms with Gasteiger partial charge in [0.2, 0.25) is 0 Å². The van der Waals surface area contributed by atoms with Crippen molar-refractivity contribution in [2.75, 3.05) is 26.2 Å². The molecular weight excluding hydrogens is 171 g/mol. The quantitative estimate of drug-likeness (QED) is 0.501. The Balaban J connectivity index is 1.99. The van der Waals surface area contributed by atoms with Gasteiger partial charge in [-0.25, -0.2) is 4.39 Å². The van der Waals surface area contributed by atoms with Crippen molar-refractivity contribution in [3.8, 4) is 0 Å². The molecule has 1 saturated heterocycles. The molecular formula is C9H16FN2O. The lowest BCUT2D eigenvalue weighted by Crippen LogP contribution is -2.36. The molecule has 0 aromatic carbocycles. The predicted molar refractivity (Wildman–Crippen MR) is 48.9 cm³/mol. The molecule has 1 fully saturated rings. The van der Waals surface area contributed by atoms with Crippen LogP contribution in [0.5, 0.6) is 0 Å². The number of halogens is 1. The van der Waals surface area contributed by atoms with Gasteiger partial charge in [0.15, 0.2) is 0 Å². The summed E-state index contributed by atoms with van der Waals surface area (Å²) < 4.78 is 12.7. The van der Waals surface area contributed by atoms with Gasteiger partial charge in [0.05, 0.1) is 0 Å². The van der Waals surface area contributed by atoms with Gasteiger partial charge in [-0.1, -0.05) is 0 Å². The average molecular weight is 187 g/mol. The lowest BCUT2D eigenvalue weighted by molar-refractivity contribution is 0.150. The molecule has 1 aliphatic heterocycles. The maximum Gasteiger partial charge on any atom is 0.309 e. The number of alkyl halides is 1. The summed E-state index contributed by atoms with van der Waals surface area (Å²) in [5.74, 6) is 0. The maximum absolute atomic E-state index is 12.7. The number of nitrogens with one attached hydrogen (secondary N) is 1. The van der Waals surface area contributed by atoms with Gasteiger partial charge in [-0.3, -0.25) is 4.79 Å². The van der Waals surface area contributed by atoms with Crippen molar-refractivity contribution < 1.29 is 9.18 Å². The topological polar surface area (TPSA) is 32.3 Å². The molecule has 1 N–H and O–H groups in total. The number of nitrogens with zero attached hydrogens (tertiary/aromatic N) is 1. The molecule has 1 aliphatic rings. The van der Waals surface area contributed by atoms with E-state index >= 15 is 0 Å². The lowest BCUT2D eigenvalue weighted by Gasteiger charge is -2.28. The van der Waals surface area contributed by atoms with E-state index in [0.29, 0.717) is 19.4 Å². The zero-order valence-corrected chi connectivity index (χ0v) is 7.76. The van der Waals surface area contributed by atoms with Crippen molar-refractivity contribution in [2.45, 2.75) is 25.4 Å². The Bertz CT molecular complexity index is 147. The van der Waals surface area contributed by atoms with E-state index in [1.807, 2.05) is 0 Å². The maximum atomic E-state index is 12.7. The van der Waals surface area contributed by atoms with E-state index in [4.69, 9.17) is 0 Å². The molecule has 0 spiro atoms. The van der Waals surface area contributed by atoms with Crippen LogP contribution in [0.3, 0.4) is 0 Å². The molecule has 1 radical (unpaired) electrons. The van der Waals surface area contributed by atoms with E-state index in [1.54, 1.807) is 6.41 Å². The average Bonchev–Trinajstić information content (AvgIpc) is 2.15. The molecule has 1 amide bonds. The summed E-state index contributed by atoms with van der Waals surface area (Å²) in [5, 5.41) is 2.49. The molecule has 3 nitrogen and oxygen atoms in total. The first-order chi connectivity index (χ1) is 6.33. The number of hydrogen-bond acceptors (Lipinski definition) is 2. The van der Waals surface area contributed by atoms with Gasteiger partial charge in [0.1, 0.15) is 6.17 Å². The highest BCUT2D eigenvalue weighted by Crippen LogP contribution is 2.12. The number of rotatable bonds is 5. The van der Waals surface area contributed by atoms with Gasteiger partial charge in [-0.2, -0.15) is 0 Å². The molecule has 1 rings (SSSR count). The Morgan fingerprint density at radius 3 is 2.77 bits per heavy atom. The molecule has 0 aliphatic carbocycles. The highest BCUT2D eigenvalue weighted by atomic mass is 19.1. The molecule has 4 heteroatoms. The summed E-state index contributed by atoms with van der Waals surface area (Å²) >= 11 is 0. The zero-order valence-electron chi connectivity index (χ0n) is 7.76. The van der Waals surface area contributed by atoms with Gasteiger partial charge in [-0.15, -0.1) is 0 Å². The van der Waals surface area contributed by atoms with E-state index in [9.17, 15) is 9.18 Å². The molecule has 0 saturated carbocycles. The van der Waals surface area contributed by atoms with Crippen molar-refractivity contribution in [3.63, 3.8) is 0 Å². The Morgan fingerprint density at radius 2 is 2.15 bits per heavy atom. The molecule has 0 aromatic rings. The van der Waals surface area contributed by atoms with Crippen molar-refractivity contribution >= 4 is 6.41 Å². The predicted octanol–water partition coefficient (Wildman–Crippen LogP) is 0.467. The minimum atomic E-state index is -0.599. The van der Waals surface area contributed by atoms with Gasteiger partial charge in [0, 0.05) is 19.6 Å². The summed E-state index contributed by atoms with van der Waals surface area (Å²) in [4.78, 5) is 12.0. The second-order valence-electron chi connectivity index (χ2n) is 3.40. The number of hydrogen-bond donors (Lipinski definition) is 1. The fraction of sp³-hybridized carbons (Fsp3) is 0.889. The first kappa shape index (κ1) is 10.4. The van der Waals surface area contributed by atoms with Crippen LogP contribution < -0.4 is 5.32 Å². The molecule has 0 aromatic heterocycles. The van der Waals surface area contributed by atoms with E-state index in [-0.39, 0.29) is 0 Å². The fourth-order valence-electron chi connectivity index (χ4n) is 1.57. The van der Waals surface area contributed by atoms with Crippen molar-refractivity contribution in [1.82, 2.24) is 10.2 Å². The van der Waals surface area contributed by atoms with Gasteiger partial charge in [0.25, 0.3) is 0 Å². The monoisotopic (exact) mass is 187 g/mol. The number of amides is 1. The first-order valence-electron chi connectivity index (χ1n) is 4.79. The summed E-state index contributed by atoms with van der Waals surface area (Å²) in [7, 11) is 0. The molecule has 13 heavy (non-hydrogen) atoms. The van der Waals surface area contributed by atoms with Crippen LogP contribution in [-0.2, 0) is 4.79 Å². The fourth-order valence-corrected chi connectivity index (χ4v) is 1.57. The lowest BCUT2D eigenvalue weighted by atomic mass is 10.1. The largest absolute Gasteiger partial charge is 0.348 e. The number of likely N-dealkylation sites (tertiary alicyclic amines) is 1. The Kier molecular flexibility index (Phi) is 4.75. The number of carbonyl (C=O) groups excluding carboxylic acids is 1. The minimum Gasteiger partial charge on any atom is -0.348 e. The Labute approximate surface area is 78.3 Å². The van der Waals surface area contributed by atoms with Crippen LogP contribution in [-0.4, -0.2) is 43.7 Å². The van der Waals surface area contributed by atoms with Gasteiger partial charge < -0.3 is 10.2 Å². The smallest absolute Gasteiger partial charge is 0.309 e. The van der Waals surface area contributed by atoms with Crippen molar-refractivity contribution in [3.05, 3.63) is 0 Å². The van der Waals surface area contributed by atoms with Crippen LogP contribution in [0.1, 0.15) is 19.3 Å².